The molecule has 2 aromatic heterocycles. The van der Waals surface area contributed by atoms with Crippen LogP contribution >= 0.6 is 11.3 Å². The second-order valence-electron chi connectivity index (χ2n) is 5.51. The normalized spacial score (nSPS) is 15.7. The van der Waals surface area contributed by atoms with E-state index in [2.05, 4.69) is 4.98 Å². The number of methoxy groups -OCH3 is 1. The van der Waals surface area contributed by atoms with E-state index in [-0.39, 0.29) is 0 Å². The van der Waals surface area contributed by atoms with E-state index < -0.39 is 10.0 Å². The molecular weight excluding hydrogens is 332 g/mol. The van der Waals surface area contributed by atoms with E-state index in [0.717, 1.165) is 27.9 Å². The highest BCUT2D eigenvalue weighted by Gasteiger charge is 2.30. The number of benzene rings is 1. The van der Waals surface area contributed by atoms with Crippen LogP contribution in [-0.4, -0.2) is 31.4 Å². The van der Waals surface area contributed by atoms with E-state index in [4.69, 9.17) is 4.74 Å². The SMILES string of the molecule is COc1ccc2[nH]c3c(c2c1)CN(S(=O)(=O)c1cccs1)CC3. The molecule has 0 aliphatic carbocycles. The van der Waals surface area contributed by atoms with Gasteiger partial charge >= 0.3 is 0 Å². The van der Waals surface area contributed by atoms with E-state index >= 15 is 0 Å². The number of rotatable bonds is 3. The molecule has 0 radical (unpaired) electrons. The zero-order valence-electron chi connectivity index (χ0n) is 12.6. The molecule has 4 rings (SSSR count). The molecule has 0 bridgehead atoms. The molecule has 0 saturated carbocycles. The maximum Gasteiger partial charge on any atom is 0.252 e. The molecule has 23 heavy (non-hydrogen) atoms. The first-order valence-electron chi connectivity index (χ1n) is 7.31. The van der Waals surface area contributed by atoms with Gasteiger partial charge in [-0.25, -0.2) is 8.42 Å². The molecule has 0 amide bonds. The molecule has 0 atom stereocenters. The Morgan fingerprint density at radius 1 is 1.30 bits per heavy atom. The first kappa shape index (κ1) is 14.7. The quantitative estimate of drug-likeness (QED) is 0.791. The van der Waals surface area contributed by atoms with Crippen LogP contribution in [0.3, 0.4) is 0 Å². The Labute approximate surface area is 138 Å². The summed E-state index contributed by atoms with van der Waals surface area (Å²) in [6, 6.07) is 9.28. The average molecular weight is 348 g/mol. The number of aromatic amines is 1. The van der Waals surface area contributed by atoms with Gasteiger partial charge in [0.2, 0.25) is 0 Å². The van der Waals surface area contributed by atoms with Crippen molar-refractivity contribution in [2.45, 2.75) is 17.2 Å². The number of ether oxygens (including phenoxy) is 1. The van der Waals surface area contributed by atoms with Crippen molar-refractivity contribution >= 4 is 32.3 Å². The standard InChI is InChI=1S/C16H16N2O3S2/c1-21-11-4-5-14-12(9-11)13-10-18(7-6-15(13)17-14)23(19,20)16-3-2-8-22-16/h2-5,8-9,17H,6-7,10H2,1H3. The maximum absolute atomic E-state index is 12.7. The molecule has 5 nitrogen and oxygen atoms in total. The molecule has 7 heteroatoms. The monoisotopic (exact) mass is 348 g/mol. The molecule has 120 valence electrons. The van der Waals surface area contributed by atoms with Crippen LogP contribution in [-0.2, 0) is 23.0 Å². The first-order chi connectivity index (χ1) is 11.1. The summed E-state index contributed by atoms with van der Waals surface area (Å²) in [6.07, 6.45) is 0.691. The van der Waals surface area contributed by atoms with Crippen molar-refractivity contribution in [1.29, 1.82) is 0 Å². The van der Waals surface area contributed by atoms with Gasteiger partial charge in [0.25, 0.3) is 10.0 Å². The predicted molar refractivity (Wildman–Crippen MR) is 90.5 cm³/mol. The van der Waals surface area contributed by atoms with Gasteiger partial charge in [0.05, 0.1) is 7.11 Å². The van der Waals surface area contributed by atoms with Crippen molar-refractivity contribution in [3.8, 4) is 5.75 Å². The van der Waals surface area contributed by atoms with Crippen LogP contribution in [0, 0.1) is 0 Å². The Bertz CT molecular complexity index is 959. The molecule has 3 aromatic rings. The summed E-state index contributed by atoms with van der Waals surface area (Å²) in [5.41, 5.74) is 3.18. The first-order valence-corrected chi connectivity index (χ1v) is 9.62. The number of H-pyrrole nitrogens is 1. The van der Waals surface area contributed by atoms with Crippen LogP contribution in [0.5, 0.6) is 5.75 Å². The van der Waals surface area contributed by atoms with Gasteiger partial charge < -0.3 is 9.72 Å². The summed E-state index contributed by atoms with van der Waals surface area (Å²) in [7, 11) is -1.78. The highest BCUT2D eigenvalue weighted by molar-refractivity contribution is 7.91. The summed E-state index contributed by atoms with van der Waals surface area (Å²) >= 11 is 1.26. The third kappa shape index (κ3) is 2.36. The van der Waals surface area contributed by atoms with Gasteiger partial charge in [-0.1, -0.05) is 6.07 Å². The van der Waals surface area contributed by atoms with Gasteiger partial charge in [0, 0.05) is 36.1 Å². The Kier molecular flexibility index (Phi) is 3.44. The molecular formula is C16H16N2O3S2. The van der Waals surface area contributed by atoms with E-state index in [9.17, 15) is 8.42 Å². The summed E-state index contributed by atoms with van der Waals surface area (Å²) in [4.78, 5) is 3.40. The topological polar surface area (TPSA) is 62.4 Å². The minimum atomic E-state index is -3.42. The van der Waals surface area contributed by atoms with Crippen molar-refractivity contribution in [3.05, 3.63) is 47.0 Å². The van der Waals surface area contributed by atoms with Crippen molar-refractivity contribution < 1.29 is 13.2 Å². The van der Waals surface area contributed by atoms with Gasteiger partial charge in [-0.05, 0) is 35.2 Å². The van der Waals surface area contributed by atoms with Crippen molar-refractivity contribution in [2.75, 3.05) is 13.7 Å². The number of nitrogens with zero attached hydrogens (tertiary/aromatic N) is 1. The van der Waals surface area contributed by atoms with Crippen LogP contribution in [0.4, 0.5) is 0 Å². The van der Waals surface area contributed by atoms with E-state index in [1.165, 1.54) is 11.3 Å². The predicted octanol–water partition coefficient (Wildman–Crippen LogP) is 2.99. The Hall–Kier alpha value is -1.83. The molecule has 1 N–H and O–H groups in total. The number of hydrogen-bond acceptors (Lipinski definition) is 4. The van der Waals surface area contributed by atoms with Crippen molar-refractivity contribution in [3.63, 3.8) is 0 Å². The second-order valence-corrected chi connectivity index (χ2v) is 8.63. The largest absolute Gasteiger partial charge is 0.497 e. The number of sulfonamides is 1. The van der Waals surface area contributed by atoms with Gasteiger partial charge in [0.1, 0.15) is 9.96 Å². The minimum Gasteiger partial charge on any atom is -0.497 e. The highest BCUT2D eigenvalue weighted by Crippen LogP contribution is 2.33. The summed E-state index contributed by atoms with van der Waals surface area (Å²) in [6.45, 7) is 0.889. The molecule has 0 fully saturated rings. The summed E-state index contributed by atoms with van der Waals surface area (Å²) < 4.78 is 32.7. The third-order valence-corrected chi connectivity index (χ3v) is 7.45. The van der Waals surface area contributed by atoms with E-state index in [1.54, 1.807) is 28.9 Å². The molecule has 0 spiro atoms. The Morgan fingerprint density at radius 2 is 2.17 bits per heavy atom. The smallest absolute Gasteiger partial charge is 0.252 e. The Morgan fingerprint density at radius 3 is 2.91 bits per heavy atom. The zero-order chi connectivity index (χ0) is 16.0. The Balaban J connectivity index is 1.77. The fourth-order valence-electron chi connectivity index (χ4n) is 3.04. The van der Waals surface area contributed by atoms with Crippen LogP contribution in [0.25, 0.3) is 10.9 Å². The molecule has 0 saturated heterocycles. The fraction of sp³-hybridized carbons (Fsp3) is 0.250. The lowest BCUT2D eigenvalue weighted by atomic mass is 10.1. The maximum atomic E-state index is 12.7. The van der Waals surface area contributed by atoms with Gasteiger partial charge in [0.15, 0.2) is 0 Å². The van der Waals surface area contributed by atoms with Crippen LogP contribution in [0.2, 0.25) is 0 Å². The molecule has 1 aliphatic rings. The second kappa shape index (κ2) is 5.36. The lowest BCUT2D eigenvalue weighted by molar-refractivity contribution is 0.392. The van der Waals surface area contributed by atoms with Gasteiger partial charge in [-0.2, -0.15) is 4.31 Å². The van der Waals surface area contributed by atoms with E-state index in [0.29, 0.717) is 23.7 Å². The molecule has 0 unspecified atom stereocenters. The minimum absolute atomic E-state index is 0.392. The molecule has 1 aliphatic heterocycles. The van der Waals surface area contributed by atoms with Crippen LogP contribution in [0.15, 0.2) is 39.9 Å². The van der Waals surface area contributed by atoms with Crippen molar-refractivity contribution in [2.24, 2.45) is 0 Å². The van der Waals surface area contributed by atoms with Crippen LogP contribution in [0.1, 0.15) is 11.3 Å². The number of fused-ring (bicyclic) bond motifs is 3. The number of thiophene rings is 1. The summed E-state index contributed by atoms with van der Waals surface area (Å²) in [5.74, 6) is 0.775. The zero-order valence-corrected chi connectivity index (χ0v) is 14.2. The van der Waals surface area contributed by atoms with Gasteiger partial charge in [-0.15, -0.1) is 11.3 Å². The van der Waals surface area contributed by atoms with Crippen molar-refractivity contribution in [1.82, 2.24) is 9.29 Å². The highest BCUT2D eigenvalue weighted by atomic mass is 32.2. The lowest BCUT2D eigenvalue weighted by Gasteiger charge is -2.25. The van der Waals surface area contributed by atoms with Gasteiger partial charge in [-0.3, -0.25) is 0 Å². The number of nitrogens with one attached hydrogen (secondary N) is 1. The molecule has 3 heterocycles. The third-order valence-electron chi connectivity index (χ3n) is 4.24. The molecule has 1 aromatic carbocycles. The fourth-order valence-corrected chi connectivity index (χ4v) is 5.59. The van der Waals surface area contributed by atoms with Crippen LogP contribution < -0.4 is 4.74 Å². The number of hydrogen-bond donors (Lipinski definition) is 1. The number of aromatic nitrogens is 1. The lowest BCUT2D eigenvalue weighted by Crippen LogP contribution is -2.35. The summed E-state index contributed by atoms with van der Waals surface area (Å²) in [5, 5.41) is 2.82. The van der Waals surface area contributed by atoms with E-state index in [1.807, 2.05) is 18.2 Å². The average Bonchev–Trinajstić information content (AvgIpc) is 3.21.